The smallest absolute Gasteiger partial charge is 0.0916 e. The highest BCUT2D eigenvalue weighted by Gasteiger charge is 2.16. The minimum atomic E-state index is -0.400. The van der Waals surface area contributed by atoms with Gasteiger partial charge in [-0.25, -0.2) is 0 Å². The molecule has 2 atom stereocenters. The van der Waals surface area contributed by atoms with Gasteiger partial charge in [-0.05, 0) is 35.3 Å². The third-order valence-electron chi connectivity index (χ3n) is 4.18. The molecule has 2 unspecified atom stereocenters. The van der Waals surface area contributed by atoms with Gasteiger partial charge in [-0.15, -0.1) is 0 Å². The van der Waals surface area contributed by atoms with Gasteiger partial charge >= 0.3 is 0 Å². The van der Waals surface area contributed by atoms with Crippen molar-refractivity contribution in [1.29, 1.82) is 0 Å². The first-order valence-corrected chi connectivity index (χ1v) is 8.83. The van der Waals surface area contributed by atoms with Gasteiger partial charge in [0, 0.05) is 19.6 Å². The minimum Gasteiger partial charge on any atom is -0.387 e. The van der Waals surface area contributed by atoms with Crippen molar-refractivity contribution < 1.29 is 5.11 Å². The fraction of sp³-hybridized carbons (Fsp3) is 0.700. The molecule has 1 N–H and O–H groups in total. The van der Waals surface area contributed by atoms with Crippen LogP contribution in [0.3, 0.4) is 0 Å². The minimum absolute atomic E-state index is 0.400. The molecule has 1 aromatic carbocycles. The molecule has 0 spiro atoms. The van der Waals surface area contributed by atoms with E-state index in [4.69, 9.17) is 0 Å². The maximum atomic E-state index is 10.6. The molecule has 22 heavy (non-hydrogen) atoms. The fourth-order valence-corrected chi connectivity index (χ4v) is 2.89. The summed E-state index contributed by atoms with van der Waals surface area (Å²) in [7, 11) is 0. The quantitative estimate of drug-likeness (QED) is 0.705. The molecule has 0 saturated carbocycles. The van der Waals surface area contributed by atoms with E-state index >= 15 is 0 Å². The summed E-state index contributed by atoms with van der Waals surface area (Å²) in [5.74, 6) is 1.84. The van der Waals surface area contributed by atoms with E-state index in [1.807, 2.05) is 0 Å². The summed E-state index contributed by atoms with van der Waals surface area (Å²) in [5, 5.41) is 10.6. The molecular formula is C20H35NO. The van der Waals surface area contributed by atoms with Crippen molar-refractivity contribution in [3.05, 3.63) is 35.4 Å². The third-order valence-corrected chi connectivity index (χ3v) is 4.18. The Morgan fingerprint density at radius 2 is 1.27 bits per heavy atom. The lowest BCUT2D eigenvalue weighted by atomic mass is 9.96. The predicted octanol–water partition coefficient (Wildman–Crippen LogP) is 4.85. The number of rotatable bonds is 9. The van der Waals surface area contributed by atoms with Crippen LogP contribution in [-0.2, 0) is 0 Å². The molecule has 2 nitrogen and oxygen atoms in total. The summed E-state index contributed by atoms with van der Waals surface area (Å²) in [6, 6.07) is 8.52. The van der Waals surface area contributed by atoms with Gasteiger partial charge in [0.15, 0.2) is 0 Å². The Labute approximate surface area is 137 Å². The molecule has 1 rings (SSSR count). The number of hydrogen-bond donors (Lipinski definition) is 1. The Morgan fingerprint density at radius 1 is 0.818 bits per heavy atom. The van der Waals surface area contributed by atoms with Crippen LogP contribution in [0.15, 0.2) is 24.3 Å². The van der Waals surface area contributed by atoms with Gasteiger partial charge in [-0.1, -0.05) is 65.8 Å². The van der Waals surface area contributed by atoms with Gasteiger partial charge in [0.2, 0.25) is 0 Å². The van der Waals surface area contributed by atoms with E-state index in [0.717, 1.165) is 31.6 Å². The summed E-state index contributed by atoms with van der Waals surface area (Å²) in [6.45, 7) is 16.2. The van der Waals surface area contributed by atoms with E-state index in [9.17, 15) is 5.11 Å². The highest BCUT2D eigenvalue weighted by atomic mass is 16.3. The van der Waals surface area contributed by atoms with Crippen LogP contribution in [-0.4, -0.2) is 29.6 Å². The average Bonchev–Trinajstić information content (AvgIpc) is 2.45. The lowest BCUT2D eigenvalue weighted by Crippen LogP contribution is -2.35. The highest BCUT2D eigenvalue weighted by molar-refractivity contribution is 5.26. The number of nitrogens with zero attached hydrogens (tertiary/aromatic N) is 1. The first-order valence-electron chi connectivity index (χ1n) is 8.83. The fourth-order valence-electron chi connectivity index (χ4n) is 2.89. The molecule has 126 valence electrons. The Hall–Kier alpha value is -0.860. The zero-order valence-corrected chi connectivity index (χ0v) is 15.3. The van der Waals surface area contributed by atoms with Crippen molar-refractivity contribution in [3.63, 3.8) is 0 Å². The van der Waals surface area contributed by atoms with E-state index in [-0.39, 0.29) is 0 Å². The average molecular weight is 306 g/mol. The predicted molar refractivity (Wildman–Crippen MR) is 96.2 cm³/mol. The van der Waals surface area contributed by atoms with Crippen molar-refractivity contribution >= 4 is 0 Å². The third kappa shape index (κ3) is 6.50. The molecule has 0 aromatic heterocycles. The highest BCUT2D eigenvalue weighted by Crippen LogP contribution is 2.22. The monoisotopic (exact) mass is 305 g/mol. The van der Waals surface area contributed by atoms with E-state index in [1.165, 1.54) is 5.56 Å². The molecule has 0 bridgehead atoms. The summed E-state index contributed by atoms with van der Waals surface area (Å²) < 4.78 is 0. The van der Waals surface area contributed by atoms with Gasteiger partial charge in [0.1, 0.15) is 0 Å². The van der Waals surface area contributed by atoms with E-state index in [2.05, 4.69) is 70.7 Å². The van der Waals surface area contributed by atoms with Crippen molar-refractivity contribution in [2.45, 2.75) is 60.0 Å². The second-order valence-corrected chi connectivity index (χ2v) is 7.50. The molecule has 0 fully saturated rings. The molecule has 0 amide bonds. The Morgan fingerprint density at radius 3 is 1.68 bits per heavy atom. The zero-order chi connectivity index (χ0) is 16.7. The lowest BCUT2D eigenvalue weighted by molar-refractivity contribution is 0.0987. The Kier molecular flexibility index (Phi) is 8.13. The lowest BCUT2D eigenvalue weighted by Gasteiger charge is -2.28. The SMILES string of the molecule is CCC(C)c1ccc(C(O)CN(CC(C)C)CC(C)C)cc1. The van der Waals surface area contributed by atoms with Crippen LogP contribution in [0.1, 0.15) is 71.1 Å². The van der Waals surface area contributed by atoms with E-state index in [0.29, 0.717) is 17.8 Å². The normalized spacial score (nSPS) is 14.8. The summed E-state index contributed by atoms with van der Waals surface area (Å²) in [4.78, 5) is 2.39. The van der Waals surface area contributed by atoms with Crippen LogP contribution in [0.5, 0.6) is 0 Å². The largest absolute Gasteiger partial charge is 0.387 e. The van der Waals surface area contributed by atoms with Crippen LogP contribution < -0.4 is 0 Å². The van der Waals surface area contributed by atoms with Gasteiger partial charge in [-0.2, -0.15) is 0 Å². The summed E-state index contributed by atoms with van der Waals surface area (Å²) in [6.07, 6.45) is 0.752. The molecular weight excluding hydrogens is 270 g/mol. The number of aliphatic hydroxyl groups is 1. The summed E-state index contributed by atoms with van der Waals surface area (Å²) in [5.41, 5.74) is 2.39. The summed E-state index contributed by atoms with van der Waals surface area (Å²) >= 11 is 0. The number of hydrogen-bond acceptors (Lipinski definition) is 2. The maximum absolute atomic E-state index is 10.6. The number of benzene rings is 1. The second-order valence-electron chi connectivity index (χ2n) is 7.50. The molecule has 0 saturated heterocycles. The van der Waals surface area contributed by atoms with Gasteiger partial charge in [0.05, 0.1) is 6.10 Å². The van der Waals surface area contributed by atoms with Crippen LogP contribution in [0, 0.1) is 11.8 Å². The number of aliphatic hydroxyl groups excluding tert-OH is 1. The van der Waals surface area contributed by atoms with E-state index < -0.39 is 6.10 Å². The molecule has 0 radical (unpaired) electrons. The molecule has 0 aliphatic heterocycles. The molecule has 0 aliphatic rings. The van der Waals surface area contributed by atoms with Crippen LogP contribution in [0.25, 0.3) is 0 Å². The van der Waals surface area contributed by atoms with Crippen LogP contribution >= 0.6 is 0 Å². The van der Waals surface area contributed by atoms with Crippen molar-refractivity contribution in [1.82, 2.24) is 4.90 Å². The van der Waals surface area contributed by atoms with Crippen molar-refractivity contribution in [2.75, 3.05) is 19.6 Å². The Balaban J connectivity index is 2.70. The van der Waals surface area contributed by atoms with Crippen molar-refractivity contribution in [2.24, 2.45) is 11.8 Å². The maximum Gasteiger partial charge on any atom is 0.0916 e. The van der Waals surface area contributed by atoms with Crippen LogP contribution in [0.2, 0.25) is 0 Å². The van der Waals surface area contributed by atoms with Gasteiger partial charge in [-0.3, -0.25) is 4.90 Å². The van der Waals surface area contributed by atoms with Crippen molar-refractivity contribution in [3.8, 4) is 0 Å². The molecule has 0 aliphatic carbocycles. The van der Waals surface area contributed by atoms with Crippen LogP contribution in [0.4, 0.5) is 0 Å². The first kappa shape index (κ1) is 19.2. The molecule has 1 aromatic rings. The molecule has 2 heteroatoms. The molecule has 0 heterocycles. The van der Waals surface area contributed by atoms with Gasteiger partial charge < -0.3 is 5.11 Å². The second kappa shape index (κ2) is 9.32. The van der Waals surface area contributed by atoms with Gasteiger partial charge in [0.25, 0.3) is 0 Å². The topological polar surface area (TPSA) is 23.5 Å². The van der Waals surface area contributed by atoms with E-state index in [1.54, 1.807) is 0 Å². The first-order chi connectivity index (χ1) is 10.3. The Bertz CT molecular complexity index is 400. The zero-order valence-electron chi connectivity index (χ0n) is 15.3. The standard InChI is InChI=1S/C20H35NO/c1-7-17(6)18-8-10-19(11-9-18)20(22)14-21(12-15(2)3)13-16(4)5/h8-11,15-17,20,22H,7,12-14H2,1-6H3.